The normalized spacial score (nSPS) is 25.1. The van der Waals surface area contributed by atoms with E-state index in [4.69, 9.17) is 0 Å². The molecule has 0 spiro atoms. The quantitative estimate of drug-likeness (QED) is 0.910. The molecule has 1 saturated carbocycles. The Bertz CT molecular complexity index is 571. The smallest absolute Gasteiger partial charge is 0.150 e. The number of imidazole rings is 1. The van der Waals surface area contributed by atoms with Crippen LogP contribution in [-0.2, 0) is 0 Å². The maximum Gasteiger partial charge on any atom is 0.150 e. The molecule has 0 bridgehead atoms. The summed E-state index contributed by atoms with van der Waals surface area (Å²) in [5, 5.41) is 5.81. The van der Waals surface area contributed by atoms with Crippen molar-refractivity contribution in [2.24, 2.45) is 5.41 Å². The molecule has 0 saturated heterocycles. The van der Waals surface area contributed by atoms with Crippen molar-refractivity contribution in [1.29, 1.82) is 0 Å². The first-order chi connectivity index (χ1) is 10.1. The van der Waals surface area contributed by atoms with Crippen molar-refractivity contribution in [3.05, 3.63) is 29.9 Å². The third-order valence-electron chi connectivity index (χ3n) is 4.59. The van der Waals surface area contributed by atoms with E-state index >= 15 is 0 Å². The second-order valence-electron chi connectivity index (χ2n) is 6.77. The van der Waals surface area contributed by atoms with Crippen LogP contribution in [0.5, 0.6) is 0 Å². The molecular formula is C17H25N3S. The fourth-order valence-corrected chi connectivity index (χ4v) is 4.24. The number of aromatic nitrogens is 2. The summed E-state index contributed by atoms with van der Waals surface area (Å²) in [6, 6.07) is 5.31. The summed E-state index contributed by atoms with van der Waals surface area (Å²) >= 11 is 1.77. The number of nitrogens with one attached hydrogen (secondary N) is 1. The second kappa shape index (κ2) is 5.93. The summed E-state index contributed by atoms with van der Waals surface area (Å²) in [5.74, 6) is 1.12. The van der Waals surface area contributed by atoms with Gasteiger partial charge in [0.15, 0.2) is 0 Å². The Balaban J connectivity index is 1.94. The van der Waals surface area contributed by atoms with E-state index < -0.39 is 0 Å². The zero-order valence-corrected chi connectivity index (χ0v) is 14.0. The highest BCUT2D eigenvalue weighted by molar-refractivity contribution is 7.13. The lowest BCUT2D eigenvalue weighted by atomic mass is 9.72. The lowest BCUT2D eigenvalue weighted by Gasteiger charge is -2.42. The third kappa shape index (κ3) is 3.06. The minimum absolute atomic E-state index is 0.410. The number of hydrogen-bond donors (Lipinski definition) is 1. The topological polar surface area (TPSA) is 29.9 Å². The van der Waals surface area contributed by atoms with Crippen molar-refractivity contribution in [2.75, 3.05) is 6.54 Å². The van der Waals surface area contributed by atoms with Crippen LogP contribution in [0.3, 0.4) is 0 Å². The second-order valence-corrected chi connectivity index (χ2v) is 7.72. The van der Waals surface area contributed by atoms with Gasteiger partial charge in [-0.3, -0.25) is 0 Å². The largest absolute Gasteiger partial charge is 0.326 e. The van der Waals surface area contributed by atoms with E-state index in [1.165, 1.54) is 24.1 Å². The van der Waals surface area contributed by atoms with Gasteiger partial charge >= 0.3 is 0 Å². The first-order valence-electron chi connectivity index (χ1n) is 7.91. The number of thiophene rings is 1. The van der Waals surface area contributed by atoms with Crippen molar-refractivity contribution < 1.29 is 0 Å². The van der Waals surface area contributed by atoms with Crippen molar-refractivity contribution in [3.8, 4) is 10.7 Å². The van der Waals surface area contributed by atoms with Crippen LogP contribution < -0.4 is 5.32 Å². The van der Waals surface area contributed by atoms with Gasteiger partial charge in [0, 0.05) is 18.4 Å². The Morgan fingerprint density at radius 3 is 3.05 bits per heavy atom. The monoisotopic (exact) mass is 303 g/mol. The van der Waals surface area contributed by atoms with E-state index in [2.05, 4.69) is 59.3 Å². The van der Waals surface area contributed by atoms with Crippen molar-refractivity contribution in [3.63, 3.8) is 0 Å². The Morgan fingerprint density at radius 2 is 2.33 bits per heavy atom. The summed E-state index contributed by atoms with van der Waals surface area (Å²) in [5.41, 5.74) is 0.410. The molecule has 21 heavy (non-hydrogen) atoms. The zero-order valence-electron chi connectivity index (χ0n) is 13.2. The minimum Gasteiger partial charge on any atom is -0.326 e. The van der Waals surface area contributed by atoms with Gasteiger partial charge in [-0.05, 0) is 42.7 Å². The Kier molecular flexibility index (Phi) is 4.18. The molecular weight excluding hydrogens is 278 g/mol. The first kappa shape index (κ1) is 14.8. The van der Waals surface area contributed by atoms with Crippen LogP contribution in [0, 0.1) is 5.41 Å². The lowest BCUT2D eigenvalue weighted by Crippen LogP contribution is -2.43. The number of nitrogens with zero attached hydrogens (tertiary/aromatic N) is 2. The molecule has 0 radical (unpaired) electrons. The predicted octanol–water partition coefficient (Wildman–Crippen LogP) is 4.34. The molecule has 2 aromatic rings. The molecule has 3 rings (SSSR count). The van der Waals surface area contributed by atoms with Crippen LogP contribution in [0.15, 0.2) is 29.9 Å². The van der Waals surface area contributed by atoms with E-state index in [-0.39, 0.29) is 0 Å². The predicted molar refractivity (Wildman–Crippen MR) is 89.7 cm³/mol. The molecule has 2 aromatic heterocycles. The minimum atomic E-state index is 0.410. The molecule has 0 aromatic carbocycles. The molecule has 0 aliphatic heterocycles. The average molecular weight is 303 g/mol. The summed E-state index contributed by atoms with van der Waals surface area (Å²) in [6.07, 6.45) is 7.85. The Labute approximate surface area is 131 Å². The molecule has 114 valence electrons. The van der Waals surface area contributed by atoms with E-state index in [1.54, 1.807) is 11.3 Å². The standard InChI is InChI=1S/C17H25N3S/c1-4-18-13-7-8-17(2,3)12-14(13)20-10-9-19-16(20)15-6-5-11-21-15/h5-6,9-11,13-14,18H,4,7-8,12H2,1-3H3. The van der Waals surface area contributed by atoms with Gasteiger partial charge in [0.05, 0.1) is 10.9 Å². The molecule has 1 fully saturated rings. The van der Waals surface area contributed by atoms with Crippen LogP contribution in [0.25, 0.3) is 10.7 Å². The summed E-state index contributed by atoms with van der Waals surface area (Å²) < 4.78 is 2.40. The van der Waals surface area contributed by atoms with Gasteiger partial charge in [-0.25, -0.2) is 4.98 Å². The van der Waals surface area contributed by atoms with Crippen molar-refractivity contribution >= 4 is 11.3 Å². The SMILES string of the molecule is CCNC1CCC(C)(C)CC1n1ccnc1-c1cccs1. The van der Waals surface area contributed by atoms with E-state index in [0.29, 0.717) is 17.5 Å². The van der Waals surface area contributed by atoms with Crippen LogP contribution in [0.4, 0.5) is 0 Å². The van der Waals surface area contributed by atoms with E-state index in [1.807, 2.05) is 6.20 Å². The highest BCUT2D eigenvalue weighted by Crippen LogP contribution is 2.42. The lowest BCUT2D eigenvalue weighted by molar-refractivity contribution is 0.144. The average Bonchev–Trinajstić information content (AvgIpc) is 3.09. The third-order valence-corrected chi connectivity index (χ3v) is 5.46. The van der Waals surface area contributed by atoms with Gasteiger partial charge in [0.25, 0.3) is 0 Å². The molecule has 0 amide bonds. The molecule has 2 heterocycles. The van der Waals surface area contributed by atoms with Gasteiger partial charge in [-0.15, -0.1) is 11.3 Å². The molecule has 1 aliphatic carbocycles. The maximum atomic E-state index is 4.62. The Morgan fingerprint density at radius 1 is 1.48 bits per heavy atom. The van der Waals surface area contributed by atoms with Gasteiger partial charge in [0.2, 0.25) is 0 Å². The van der Waals surface area contributed by atoms with Gasteiger partial charge in [0.1, 0.15) is 5.82 Å². The zero-order chi connectivity index (χ0) is 14.9. The number of hydrogen-bond acceptors (Lipinski definition) is 3. The highest BCUT2D eigenvalue weighted by Gasteiger charge is 2.36. The van der Waals surface area contributed by atoms with Crippen molar-refractivity contribution in [2.45, 2.75) is 52.1 Å². The van der Waals surface area contributed by atoms with Crippen molar-refractivity contribution in [1.82, 2.24) is 14.9 Å². The Hall–Kier alpha value is -1.13. The van der Waals surface area contributed by atoms with Crippen LogP contribution in [-0.4, -0.2) is 22.1 Å². The van der Waals surface area contributed by atoms with Gasteiger partial charge in [-0.2, -0.15) is 0 Å². The number of rotatable bonds is 4. The number of likely N-dealkylation sites (N-methyl/N-ethyl adjacent to an activating group) is 1. The molecule has 2 unspecified atom stereocenters. The first-order valence-corrected chi connectivity index (χ1v) is 8.79. The molecule has 1 N–H and O–H groups in total. The van der Waals surface area contributed by atoms with Gasteiger partial charge in [-0.1, -0.05) is 26.8 Å². The highest BCUT2D eigenvalue weighted by atomic mass is 32.1. The van der Waals surface area contributed by atoms with Crippen LogP contribution in [0.2, 0.25) is 0 Å². The fraction of sp³-hybridized carbons (Fsp3) is 0.588. The molecule has 4 heteroatoms. The fourth-order valence-electron chi connectivity index (χ4n) is 3.52. The van der Waals surface area contributed by atoms with Crippen LogP contribution >= 0.6 is 11.3 Å². The van der Waals surface area contributed by atoms with E-state index in [0.717, 1.165) is 12.4 Å². The summed E-state index contributed by atoms with van der Waals surface area (Å²) in [7, 11) is 0. The van der Waals surface area contributed by atoms with Crippen LogP contribution in [0.1, 0.15) is 46.1 Å². The molecule has 1 aliphatic rings. The maximum absolute atomic E-state index is 4.62. The summed E-state index contributed by atoms with van der Waals surface area (Å²) in [4.78, 5) is 5.88. The van der Waals surface area contributed by atoms with Gasteiger partial charge < -0.3 is 9.88 Å². The molecule has 3 nitrogen and oxygen atoms in total. The summed E-state index contributed by atoms with van der Waals surface area (Å²) in [6.45, 7) is 8.02. The molecule has 2 atom stereocenters. The van der Waals surface area contributed by atoms with E-state index in [9.17, 15) is 0 Å².